The van der Waals surface area contributed by atoms with Crippen LogP contribution in [0.3, 0.4) is 0 Å². The molecule has 5 aromatic carbocycles. The van der Waals surface area contributed by atoms with Crippen LogP contribution in [-0.2, 0) is 13.2 Å². The van der Waals surface area contributed by atoms with E-state index in [9.17, 15) is 5.11 Å². The highest BCUT2D eigenvalue weighted by molar-refractivity contribution is 5.90. The molecule has 2 heterocycles. The molecule has 0 amide bonds. The highest BCUT2D eigenvalue weighted by atomic mass is 16.5. The van der Waals surface area contributed by atoms with E-state index in [1.54, 1.807) is 6.07 Å². The number of nitrogens with zero attached hydrogens (tertiary/aromatic N) is 3. The van der Waals surface area contributed by atoms with Gasteiger partial charge in [-0.15, -0.1) is 0 Å². The van der Waals surface area contributed by atoms with E-state index in [1.165, 1.54) is 0 Å². The molecule has 0 spiro atoms. The molecule has 0 unspecified atom stereocenters. The van der Waals surface area contributed by atoms with Gasteiger partial charge in [-0.05, 0) is 53.1 Å². The molecule has 42 heavy (non-hydrogen) atoms. The van der Waals surface area contributed by atoms with Crippen LogP contribution in [0.1, 0.15) is 11.1 Å². The summed E-state index contributed by atoms with van der Waals surface area (Å²) in [7, 11) is 0. The number of fused-ring (bicyclic) bond motifs is 3. The summed E-state index contributed by atoms with van der Waals surface area (Å²) in [6.45, 7) is 0.905. The largest absolute Gasteiger partial charge is 0.507 e. The van der Waals surface area contributed by atoms with Gasteiger partial charge in [-0.25, -0.2) is 9.97 Å². The van der Waals surface area contributed by atoms with Gasteiger partial charge in [0, 0.05) is 23.4 Å². The van der Waals surface area contributed by atoms with Crippen molar-refractivity contribution in [3.8, 4) is 39.6 Å². The minimum atomic E-state index is 0.106. The normalized spacial score (nSPS) is 11.1. The molecule has 0 aliphatic rings. The first-order valence-corrected chi connectivity index (χ1v) is 13.8. The molecule has 0 fully saturated rings. The van der Waals surface area contributed by atoms with Crippen LogP contribution in [0.4, 0.5) is 0 Å². The van der Waals surface area contributed by atoms with E-state index in [-0.39, 0.29) is 5.75 Å². The topological polar surface area (TPSA) is 68.9 Å². The second kappa shape index (κ2) is 11.1. The molecule has 7 aromatic rings. The molecule has 0 saturated heterocycles. The van der Waals surface area contributed by atoms with Crippen molar-refractivity contribution >= 4 is 16.8 Å². The number of aromatic hydroxyl groups is 1. The second-order valence-electron chi connectivity index (χ2n) is 10.0. The fraction of sp³-hybridized carbons (Fsp3) is 0.0556. The molecule has 2 aromatic heterocycles. The van der Waals surface area contributed by atoms with E-state index < -0.39 is 0 Å². The number of rotatable bonds is 8. The summed E-state index contributed by atoms with van der Waals surface area (Å²) < 4.78 is 14.0. The fourth-order valence-electron chi connectivity index (χ4n) is 5.11. The van der Waals surface area contributed by atoms with Crippen molar-refractivity contribution in [3.05, 3.63) is 145 Å². The van der Waals surface area contributed by atoms with E-state index in [0.717, 1.165) is 44.7 Å². The highest BCUT2D eigenvalue weighted by Crippen LogP contribution is 2.40. The maximum Gasteiger partial charge on any atom is 0.235 e. The Labute approximate surface area is 243 Å². The lowest BCUT2D eigenvalue weighted by Crippen LogP contribution is -2.00. The van der Waals surface area contributed by atoms with Crippen molar-refractivity contribution in [1.29, 1.82) is 0 Å². The molecule has 6 nitrogen and oxygen atoms in total. The molecule has 0 aliphatic heterocycles. The summed E-state index contributed by atoms with van der Waals surface area (Å²) >= 11 is 0. The number of benzene rings is 5. The Kier molecular flexibility index (Phi) is 6.70. The molecule has 7 rings (SSSR count). The standard InChI is InChI=1S/C36H27N3O3/c40-34-21-29(42-24-26-11-5-2-6-12-26)19-20-30(34)35-31(22-37-36-38-32-13-7-8-14-33(32)39(35)36)27-15-17-28(18-16-27)41-23-25-9-3-1-4-10-25/h1-22,40H,23-24H2. The summed E-state index contributed by atoms with van der Waals surface area (Å²) in [6.07, 6.45) is 1.82. The first-order valence-electron chi connectivity index (χ1n) is 13.8. The Hall–Kier alpha value is -5.62. The zero-order valence-electron chi connectivity index (χ0n) is 22.7. The second-order valence-corrected chi connectivity index (χ2v) is 10.0. The summed E-state index contributed by atoms with van der Waals surface area (Å²) in [5, 5.41) is 11.4. The SMILES string of the molecule is Oc1cc(OCc2ccccc2)ccc1-c1c(-c2ccc(OCc3ccccc3)cc2)cnc2nc3ccccc3n12. The van der Waals surface area contributed by atoms with Crippen LogP contribution in [0.5, 0.6) is 17.2 Å². The first kappa shape index (κ1) is 25.4. The summed E-state index contributed by atoms with van der Waals surface area (Å²) in [6, 6.07) is 41.3. The van der Waals surface area contributed by atoms with Gasteiger partial charge in [-0.3, -0.25) is 4.40 Å². The van der Waals surface area contributed by atoms with Crippen molar-refractivity contribution in [3.63, 3.8) is 0 Å². The van der Waals surface area contributed by atoms with Crippen molar-refractivity contribution in [2.45, 2.75) is 13.2 Å². The van der Waals surface area contributed by atoms with Crippen LogP contribution in [0.25, 0.3) is 39.2 Å². The Balaban J connectivity index is 1.28. The van der Waals surface area contributed by atoms with Crippen molar-refractivity contribution in [2.24, 2.45) is 0 Å². The number of hydrogen-bond donors (Lipinski definition) is 1. The van der Waals surface area contributed by atoms with E-state index >= 15 is 0 Å². The van der Waals surface area contributed by atoms with Gasteiger partial charge in [-0.1, -0.05) is 84.9 Å². The molecule has 0 saturated carbocycles. The van der Waals surface area contributed by atoms with Gasteiger partial charge in [0.05, 0.1) is 16.7 Å². The van der Waals surface area contributed by atoms with Crippen LogP contribution in [0.15, 0.2) is 134 Å². The minimum absolute atomic E-state index is 0.106. The third-order valence-electron chi connectivity index (χ3n) is 7.22. The van der Waals surface area contributed by atoms with Gasteiger partial charge in [0.25, 0.3) is 0 Å². The Morgan fingerprint density at radius 2 is 1.24 bits per heavy atom. The Bertz CT molecular complexity index is 1990. The lowest BCUT2D eigenvalue weighted by Gasteiger charge is -2.16. The number of ether oxygens (including phenoxy) is 2. The summed E-state index contributed by atoms with van der Waals surface area (Å²) in [5.74, 6) is 2.02. The Morgan fingerprint density at radius 3 is 1.93 bits per heavy atom. The molecular formula is C36H27N3O3. The molecule has 1 N–H and O–H groups in total. The number of para-hydroxylation sites is 2. The predicted octanol–water partition coefficient (Wildman–Crippen LogP) is 8.08. The summed E-state index contributed by atoms with van der Waals surface area (Å²) in [4.78, 5) is 9.44. The van der Waals surface area contributed by atoms with Crippen LogP contribution in [-0.4, -0.2) is 19.5 Å². The quantitative estimate of drug-likeness (QED) is 0.208. The monoisotopic (exact) mass is 549 g/mol. The van der Waals surface area contributed by atoms with Crippen molar-refractivity contribution < 1.29 is 14.6 Å². The average Bonchev–Trinajstić information content (AvgIpc) is 3.43. The fourth-order valence-corrected chi connectivity index (χ4v) is 5.11. The molecule has 6 heteroatoms. The van der Waals surface area contributed by atoms with Crippen LogP contribution in [0.2, 0.25) is 0 Å². The minimum Gasteiger partial charge on any atom is -0.507 e. The maximum absolute atomic E-state index is 11.4. The smallest absolute Gasteiger partial charge is 0.235 e. The van der Waals surface area contributed by atoms with Gasteiger partial charge >= 0.3 is 0 Å². The average molecular weight is 550 g/mol. The van der Waals surface area contributed by atoms with Crippen molar-refractivity contribution in [2.75, 3.05) is 0 Å². The third-order valence-corrected chi connectivity index (χ3v) is 7.22. The zero-order valence-corrected chi connectivity index (χ0v) is 22.7. The predicted molar refractivity (Wildman–Crippen MR) is 165 cm³/mol. The van der Waals surface area contributed by atoms with Gasteiger partial charge in [-0.2, -0.15) is 0 Å². The zero-order chi connectivity index (χ0) is 28.3. The number of aromatic nitrogens is 3. The van der Waals surface area contributed by atoms with Crippen LogP contribution < -0.4 is 9.47 Å². The number of phenols is 1. The number of hydrogen-bond acceptors (Lipinski definition) is 5. The molecule has 204 valence electrons. The number of imidazole rings is 1. The Morgan fingerprint density at radius 1 is 0.619 bits per heavy atom. The van der Waals surface area contributed by atoms with Crippen LogP contribution in [0, 0.1) is 0 Å². The van der Waals surface area contributed by atoms with Crippen LogP contribution >= 0.6 is 0 Å². The highest BCUT2D eigenvalue weighted by Gasteiger charge is 2.19. The van der Waals surface area contributed by atoms with Gasteiger partial charge in [0.2, 0.25) is 5.78 Å². The van der Waals surface area contributed by atoms with Gasteiger partial charge in [0.15, 0.2) is 0 Å². The van der Waals surface area contributed by atoms with E-state index in [0.29, 0.717) is 30.3 Å². The maximum atomic E-state index is 11.4. The van der Waals surface area contributed by atoms with Gasteiger partial charge < -0.3 is 14.6 Å². The van der Waals surface area contributed by atoms with Crippen molar-refractivity contribution in [1.82, 2.24) is 14.4 Å². The molecule has 0 radical (unpaired) electrons. The molecule has 0 atom stereocenters. The lowest BCUT2D eigenvalue weighted by atomic mass is 9.99. The summed E-state index contributed by atoms with van der Waals surface area (Å²) in [5.41, 5.74) is 7.13. The number of phenolic OH excluding ortho intramolecular Hbond substituents is 1. The first-order chi connectivity index (χ1) is 20.7. The molecular weight excluding hydrogens is 522 g/mol. The van der Waals surface area contributed by atoms with E-state index in [2.05, 4.69) is 0 Å². The molecule has 0 bridgehead atoms. The lowest BCUT2D eigenvalue weighted by molar-refractivity contribution is 0.304. The van der Waals surface area contributed by atoms with E-state index in [1.807, 2.05) is 132 Å². The third kappa shape index (κ3) is 5.02. The van der Waals surface area contributed by atoms with Gasteiger partial charge in [0.1, 0.15) is 30.5 Å². The van der Waals surface area contributed by atoms with E-state index in [4.69, 9.17) is 19.4 Å². The molecule has 0 aliphatic carbocycles.